The summed E-state index contributed by atoms with van der Waals surface area (Å²) in [6.45, 7) is 4.96. The van der Waals surface area contributed by atoms with Gasteiger partial charge in [-0.2, -0.15) is 0 Å². The van der Waals surface area contributed by atoms with E-state index in [2.05, 4.69) is 10.6 Å². The van der Waals surface area contributed by atoms with Gasteiger partial charge in [-0.3, -0.25) is 9.59 Å². The first-order chi connectivity index (χ1) is 12.5. The lowest BCUT2D eigenvalue weighted by molar-refractivity contribution is -0.128. The maximum atomic E-state index is 12.6. The number of nitrogens with one attached hydrogen (secondary N) is 2. The summed E-state index contributed by atoms with van der Waals surface area (Å²) in [6, 6.07) is 7.48. The highest BCUT2D eigenvalue weighted by Gasteiger charge is 2.30. The largest absolute Gasteiger partial charge is 0.489 e. The molecule has 6 heteroatoms. The maximum Gasteiger partial charge on any atom is 0.227 e. The zero-order valence-electron chi connectivity index (χ0n) is 15.9. The molecule has 0 radical (unpaired) electrons. The second-order valence-corrected chi connectivity index (χ2v) is 6.98. The summed E-state index contributed by atoms with van der Waals surface area (Å²) in [5.41, 5.74) is 0.700. The Hall–Kier alpha value is -2.08. The van der Waals surface area contributed by atoms with E-state index in [1.54, 1.807) is 7.11 Å². The molecule has 1 aliphatic carbocycles. The van der Waals surface area contributed by atoms with Crippen molar-refractivity contribution in [3.05, 3.63) is 24.3 Å². The Labute approximate surface area is 155 Å². The van der Waals surface area contributed by atoms with Crippen molar-refractivity contribution in [3.8, 4) is 5.75 Å². The third kappa shape index (κ3) is 6.02. The minimum absolute atomic E-state index is 0.00282. The predicted octanol–water partition coefficient (Wildman–Crippen LogP) is 2.98. The lowest BCUT2D eigenvalue weighted by Crippen LogP contribution is -2.36. The smallest absolute Gasteiger partial charge is 0.227 e. The summed E-state index contributed by atoms with van der Waals surface area (Å²) < 4.78 is 10.7. The first-order valence-corrected chi connectivity index (χ1v) is 9.34. The van der Waals surface area contributed by atoms with Gasteiger partial charge in [-0.1, -0.05) is 12.1 Å². The summed E-state index contributed by atoms with van der Waals surface area (Å²) in [7, 11) is 1.61. The van der Waals surface area contributed by atoms with Crippen LogP contribution in [-0.2, 0) is 14.3 Å². The second-order valence-electron chi connectivity index (χ2n) is 6.98. The minimum Gasteiger partial charge on any atom is -0.489 e. The molecule has 1 aromatic rings. The zero-order chi connectivity index (χ0) is 18.9. The van der Waals surface area contributed by atoms with E-state index in [-0.39, 0.29) is 29.8 Å². The lowest BCUT2D eigenvalue weighted by Gasteiger charge is -2.27. The molecule has 0 aliphatic heterocycles. The van der Waals surface area contributed by atoms with Gasteiger partial charge in [0.05, 0.1) is 18.4 Å². The van der Waals surface area contributed by atoms with E-state index < -0.39 is 0 Å². The van der Waals surface area contributed by atoms with Crippen molar-refractivity contribution in [1.29, 1.82) is 0 Å². The molecule has 1 fully saturated rings. The van der Waals surface area contributed by atoms with Crippen LogP contribution in [0.1, 0.15) is 39.5 Å². The van der Waals surface area contributed by atoms with Gasteiger partial charge in [-0.15, -0.1) is 0 Å². The molecular formula is C20H30N2O4. The number of carbonyl (C=O) groups excluding carboxylic acids is 2. The van der Waals surface area contributed by atoms with Gasteiger partial charge in [-0.05, 0) is 51.7 Å². The molecule has 26 heavy (non-hydrogen) atoms. The fourth-order valence-corrected chi connectivity index (χ4v) is 3.20. The van der Waals surface area contributed by atoms with Crippen LogP contribution in [0.25, 0.3) is 0 Å². The molecule has 144 valence electrons. The molecular weight excluding hydrogens is 332 g/mol. The van der Waals surface area contributed by atoms with Gasteiger partial charge in [0.25, 0.3) is 0 Å². The summed E-state index contributed by atoms with van der Waals surface area (Å²) in [5, 5.41) is 5.87. The third-order valence-electron chi connectivity index (χ3n) is 4.58. The molecule has 0 saturated heterocycles. The topological polar surface area (TPSA) is 76.7 Å². The van der Waals surface area contributed by atoms with Gasteiger partial charge >= 0.3 is 0 Å². The molecule has 0 heterocycles. The third-order valence-corrected chi connectivity index (χ3v) is 4.58. The van der Waals surface area contributed by atoms with Crippen LogP contribution >= 0.6 is 0 Å². The highest BCUT2D eigenvalue weighted by molar-refractivity contribution is 5.94. The molecule has 1 aromatic carbocycles. The van der Waals surface area contributed by atoms with E-state index in [0.717, 1.165) is 25.7 Å². The van der Waals surface area contributed by atoms with Gasteiger partial charge in [-0.25, -0.2) is 0 Å². The van der Waals surface area contributed by atoms with Crippen LogP contribution < -0.4 is 15.4 Å². The van der Waals surface area contributed by atoms with Crippen LogP contribution in [0, 0.1) is 11.8 Å². The van der Waals surface area contributed by atoms with Crippen LogP contribution in [0.15, 0.2) is 24.3 Å². The molecule has 0 bridgehead atoms. The highest BCUT2D eigenvalue weighted by atomic mass is 16.5. The van der Waals surface area contributed by atoms with Gasteiger partial charge in [0.1, 0.15) is 5.75 Å². The summed E-state index contributed by atoms with van der Waals surface area (Å²) in [5.74, 6) is 0.680. The standard InChI is InChI=1S/C20H30N2O4/c1-14(2)26-18-7-5-4-6-17(18)22-20(24)16-10-8-15(9-11-16)19(23)21-12-13-25-3/h4-7,14-16H,8-13H2,1-3H3,(H,21,23)(H,22,24). The number of hydrogen-bond donors (Lipinski definition) is 2. The first kappa shape index (κ1) is 20.2. The average molecular weight is 362 g/mol. The Morgan fingerprint density at radius 2 is 1.69 bits per heavy atom. The van der Waals surface area contributed by atoms with E-state index >= 15 is 0 Å². The van der Waals surface area contributed by atoms with Gasteiger partial charge in [0.2, 0.25) is 11.8 Å². The quantitative estimate of drug-likeness (QED) is 0.697. The number of para-hydroxylation sites is 2. The van der Waals surface area contributed by atoms with E-state index in [9.17, 15) is 9.59 Å². The Morgan fingerprint density at radius 3 is 2.31 bits per heavy atom. The van der Waals surface area contributed by atoms with Gasteiger partial charge in [0, 0.05) is 25.5 Å². The monoisotopic (exact) mass is 362 g/mol. The molecule has 1 saturated carbocycles. The fraction of sp³-hybridized carbons (Fsp3) is 0.600. The predicted molar refractivity (Wildman–Crippen MR) is 101 cm³/mol. The number of anilines is 1. The number of carbonyl (C=O) groups is 2. The Kier molecular flexibility index (Phi) is 7.91. The molecule has 0 atom stereocenters. The number of rotatable bonds is 8. The second kappa shape index (κ2) is 10.2. The van der Waals surface area contributed by atoms with Gasteiger partial charge < -0.3 is 20.1 Å². The summed E-state index contributed by atoms with van der Waals surface area (Å²) >= 11 is 0. The molecule has 0 aromatic heterocycles. The van der Waals surface area contributed by atoms with Gasteiger partial charge in [0.15, 0.2) is 0 Å². The lowest BCUT2D eigenvalue weighted by atomic mass is 9.81. The van der Waals surface area contributed by atoms with Crippen molar-refractivity contribution in [2.24, 2.45) is 11.8 Å². The van der Waals surface area contributed by atoms with Crippen molar-refractivity contribution in [3.63, 3.8) is 0 Å². The average Bonchev–Trinajstić information content (AvgIpc) is 2.63. The van der Waals surface area contributed by atoms with Crippen molar-refractivity contribution in [2.75, 3.05) is 25.6 Å². The zero-order valence-corrected chi connectivity index (χ0v) is 15.9. The van der Waals surface area contributed by atoms with Crippen LogP contribution in [0.2, 0.25) is 0 Å². The van der Waals surface area contributed by atoms with Crippen LogP contribution in [0.4, 0.5) is 5.69 Å². The number of benzene rings is 1. The SMILES string of the molecule is COCCNC(=O)C1CCC(C(=O)Nc2ccccc2OC(C)C)CC1. The van der Waals surface area contributed by atoms with E-state index in [1.807, 2.05) is 38.1 Å². The minimum atomic E-state index is -0.0647. The van der Waals surface area contributed by atoms with E-state index in [4.69, 9.17) is 9.47 Å². The van der Waals surface area contributed by atoms with Crippen molar-refractivity contribution in [1.82, 2.24) is 5.32 Å². The van der Waals surface area contributed by atoms with Crippen LogP contribution in [-0.4, -0.2) is 38.2 Å². The maximum absolute atomic E-state index is 12.6. The first-order valence-electron chi connectivity index (χ1n) is 9.34. The number of ether oxygens (including phenoxy) is 2. The fourth-order valence-electron chi connectivity index (χ4n) is 3.20. The molecule has 0 spiro atoms. The molecule has 6 nitrogen and oxygen atoms in total. The van der Waals surface area contributed by atoms with Crippen molar-refractivity contribution >= 4 is 17.5 Å². The van der Waals surface area contributed by atoms with Crippen molar-refractivity contribution in [2.45, 2.75) is 45.6 Å². The Bertz CT molecular complexity index is 595. The molecule has 1 aliphatic rings. The van der Waals surface area contributed by atoms with Crippen LogP contribution in [0.5, 0.6) is 5.75 Å². The normalized spacial score (nSPS) is 19.8. The molecule has 2 amide bonds. The highest BCUT2D eigenvalue weighted by Crippen LogP contribution is 2.31. The summed E-state index contributed by atoms with van der Waals surface area (Å²) in [4.78, 5) is 24.7. The molecule has 2 rings (SSSR count). The van der Waals surface area contributed by atoms with Crippen LogP contribution in [0.3, 0.4) is 0 Å². The number of methoxy groups -OCH3 is 1. The van der Waals surface area contributed by atoms with E-state index in [1.165, 1.54) is 0 Å². The Morgan fingerprint density at radius 1 is 1.08 bits per heavy atom. The van der Waals surface area contributed by atoms with E-state index in [0.29, 0.717) is 24.6 Å². The Balaban J connectivity index is 1.84. The molecule has 0 unspecified atom stereocenters. The number of hydrogen-bond acceptors (Lipinski definition) is 4. The number of amides is 2. The molecule has 2 N–H and O–H groups in total. The van der Waals surface area contributed by atoms with Crippen molar-refractivity contribution < 1.29 is 19.1 Å². The summed E-state index contributed by atoms with van der Waals surface area (Å²) in [6.07, 6.45) is 2.96.